The smallest absolute Gasteiger partial charge is 0.265 e. The van der Waals surface area contributed by atoms with Crippen LogP contribution in [0.4, 0.5) is 5.69 Å². The van der Waals surface area contributed by atoms with Crippen LogP contribution < -0.4 is 15.4 Å². The number of nitrogens with one attached hydrogen (secondary N) is 2. The molecular weight excluding hydrogens is 364 g/mol. The van der Waals surface area contributed by atoms with E-state index < -0.39 is 6.10 Å². The fourth-order valence-electron chi connectivity index (χ4n) is 2.45. The van der Waals surface area contributed by atoms with Crippen LogP contribution in [-0.4, -0.2) is 25.0 Å². The van der Waals surface area contributed by atoms with Gasteiger partial charge in [-0.15, -0.1) is 0 Å². The summed E-state index contributed by atoms with van der Waals surface area (Å²) in [6, 6.07) is 12.5. The molecule has 0 spiro atoms. The summed E-state index contributed by atoms with van der Waals surface area (Å²) in [6.45, 7) is 8.03. The predicted octanol–water partition coefficient (Wildman–Crippen LogP) is 4.40. The number of hydrogen-bond acceptors (Lipinski definition) is 3. The Bertz CT molecular complexity index is 844. The Labute approximate surface area is 165 Å². The van der Waals surface area contributed by atoms with Crippen LogP contribution in [0.3, 0.4) is 0 Å². The lowest BCUT2D eigenvalue weighted by Crippen LogP contribution is -2.30. The Morgan fingerprint density at radius 1 is 1.11 bits per heavy atom. The van der Waals surface area contributed by atoms with Gasteiger partial charge in [-0.25, -0.2) is 0 Å². The second-order valence-corrected chi connectivity index (χ2v) is 7.71. The normalized spacial score (nSPS) is 12.2. The van der Waals surface area contributed by atoms with Gasteiger partial charge >= 0.3 is 0 Å². The minimum Gasteiger partial charge on any atom is -0.481 e. The summed E-state index contributed by atoms with van der Waals surface area (Å²) in [6.07, 6.45) is -0.709. The molecule has 0 heterocycles. The molecule has 0 radical (unpaired) electrons. The number of benzene rings is 2. The van der Waals surface area contributed by atoms with Crippen molar-refractivity contribution in [3.8, 4) is 5.75 Å². The van der Waals surface area contributed by atoms with Crippen molar-refractivity contribution < 1.29 is 14.3 Å². The maximum absolute atomic E-state index is 12.5. The molecule has 0 saturated carbocycles. The van der Waals surface area contributed by atoms with Gasteiger partial charge in [0.15, 0.2) is 6.10 Å². The van der Waals surface area contributed by atoms with E-state index in [1.807, 2.05) is 24.3 Å². The molecule has 0 aliphatic carbocycles. The second kappa shape index (κ2) is 8.44. The van der Waals surface area contributed by atoms with E-state index >= 15 is 0 Å². The maximum Gasteiger partial charge on any atom is 0.265 e. The number of amides is 2. The topological polar surface area (TPSA) is 67.4 Å². The summed E-state index contributed by atoms with van der Waals surface area (Å²) in [5.74, 6) is -0.00651. The summed E-state index contributed by atoms with van der Waals surface area (Å²) in [5.41, 5.74) is 1.88. The van der Waals surface area contributed by atoms with E-state index in [1.165, 1.54) is 13.1 Å². The van der Waals surface area contributed by atoms with Crippen LogP contribution in [0.25, 0.3) is 0 Å². The van der Waals surface area contributed by atoms with Crippen LogP contribution in [0.1, 0.15) is 43.6 Å². The molecule has 1 atom stereocenters. The number of hydrogen-bond donors (Lipinski definition) is 2. The fourth-order valence-corrected chi connectivity index (χ4v) is 2.65. The standard InChI is InChI=1S/C21H25ClN2O3/c1-13(27-16-8-6-7-14(11-16)21(2,3)4)19(25)24-15-9-10-18(22)17(12-15)20(26)23-5/h6-13H,1-5H3,(H,23,26)(H,24,25). The van der Waals surface area contributed by atoms with Gasteiger partial charge in [-0.05, 0) is 48.2 Å². The highest BCUT2D eigenvalue weighted by molar-refractivity contribution is 6.34. The maximum atomic E-state index is 12.5. The first-order valence-corrected chi connectivity index (χ1v) is 9.09. The van der Waals surface area contributed by atoms with E-state index in [1.54, 1.807) is 19.1 Å². The van der Waals surface area contributed by atoms with E-state index in [9.17, 15) is 9.59 Å². The van der Waals surface area contributed by atoms with Crippen LogP contribution in [0.5, 0.6) is 5.75 Å². The Balaban J connectivity index is 2.09. The van der Waals surface area contributed by atoms with Crippen LogP contribution in [0, 0.1) is 0 Å². The lowest BCUT2D eigenvalue weighted by atomic mass is 9.87. The van der Waals surface area contributed by atoms with Crippen LogP contribution in [0.2, 0.25) is 5.02 Å². The van der Waals surface area contributed by atoms with Gasteiger partial charge < -0.3 is 15.4 Å². The Kier molecular flexibility index (Phi) is 6.50. The van der Waals surface area contributed by atoms with Crippen molar-refractivity contribution in [2.24, 2.45) is 0 Å². The molecule has 2 N–H and O–H groups in total. The van der Waals surface area contributed by atoms with Crippen LogP contribution in [-0.2, 0) is 10.2 Å². The average Bonchev–Trinajstić information content (AvgIpc) is 2.62. The minimum absolute atomic E-state index is 0.00950. The summed E-state index contributed by atoms with van der Waals surface area (Å²) >= 11 is 6.03. The SMILES string of the molecule is CNC(=O)c1cc(NC(=O)C(C)Oc2cccc(C(C)(C)C)c2)ccc1Cl. The molecule has 0 bridgehead atoms. The van der Waals surface area contributed by atoms with Crippen molar-refractivity contribution in [3.63, 3.8) is 0 Å². The van der Waals surface area contributed by atoms with Crippen LogP contribution in [0.15, 0.2) is 42.5 Å². The second-order valence-electron chi connectivity index (χ2n) is 7.30. The minimum atomic E-state index is -0.709. The zero-order chi connectivity index (χ0) is 20.2. The first-order chi connectivity index (χ1) is 12.6. The Morgan fingerprint density at radius 2 is 1.81 bits per heavy atom. The molecular formula is C21H25ClN2O3. The first-order valence-electron chi connectivity index (χ1n) is 8.71. The molecule has 1 unspecified atom stereocenters. The number of carbonyl (C=O) groups is 2. The first kappa shape index (κ1) is 20.8. The van der Waals surface area contributed by atoms with Gasteiger partial charge in [-0.3, -0.25) is 9.59 Å². The zero-order valence-corrected chi connectivity index (χ0v) is 17.0. The molecule has 0 aliphatic rings. The number of rotatable bonds is 5. The number of ether oxygens (including phenoxy) is 1. The average molecular weight is 389 g/mol. The molecule has 2 aromatic carbocycles. The van der Waals surface area contributed by atoms with Crippen molar-refractivity contribution in [2.75, 3.05) is 12.4 Å². The molecule has 27 heavy (non-hydrogen) atoms. The fraction of sp³-hybridized carbons (Fsp3) is 0.333. The van der Waals surface area contributed by atoms with Gasteiger partial charge in [-0.1, -0.05) is 44.5 Å². The third kappa shape index (κ3) is 5.47. The summed E-state index contributed by atoms with van der Waals surface area (Å²) < 4.78 is 5.79. The van der Waals surface area contributed by atoms with Gasteiger partial charge in [0.2, 0.25) is 0 Å². The van der Waals surface area contributed by atoms with Crippen molar-refractivity contribution >= 4 is 29.1 Å². The largest absolute Gasteiger partial charge is 0.481 e. The van der Waals surface area contributed by atoms with Crippen molar-refractivity contribution in [2.45, 2.75) is 39.2 Å². The Morgan fingerprint density at radius 3 is 2.44 bits per heavy atom. The molecule has 0 fully saturated rings. The van der Waals surface area contributed by atoms with Gasteiger partial charge in [0.05, 0.1) is 10.6 Å². The van der Waals surface area contributed by atoms with Crippen molar-refractivity contribution in [1.82, 2.24) is 5.32 Å². The summed E-state index contributed by atoms with van der Waals surface area (Å²) in [4.78, 5) is 24.3. The number of anilines is 1. The third-order valence-corrected chi connectivity index (χ3v) is 4.42. The highest BCUT2D eigenvalue weighted by Crippen LogP contribution is 2.26. The molecule has 2 amide bonds. The monoisotopic (exact) mass is 388 g/mol. The van der Waals surface area contributed by atoms with Crippen molar-refractivity contribution in [3.05, 3.63) is 58.6 Å². The molecule has 0 aromatic heterocycles. The molecule has 2 rings (SSSR count). The number of carbonyl (C=O) groups excluding carboxylic acids is 2. The van der Waals surface area contributed by atoms with E-state index in [2.05, 4.69) is 31.4 Å². The quantitative estimate of drug-likeness (QED) is 0.797. The summed E-state index contributed by atoms with van der Waals surface area (Å²) in [5, 5.41) is 5.58. The molecule has 144 valence electrons. The van der Waals surface area contributed by atoms with Gasteiger partial charge in [0.1, 0.15) is 5.75 Å². The van der Waals surface area contributed by atoms with Crippen LogP contribution >= 0.6 is 11.6 Å². The molecule has 0 aliphatic heterocycles. The highest BCUT2D eigenvalue weighted by atomic mass is 35.5. The van der Waals surface area contributed by atoms with E-state index in [-0.39, 0.29) is 17.2 Å². The Hall–Kier alpha value is -2.53. The predicted molar refractivity (Wildman–Crippen MR) is 109 cm³/mol. The van der Waals surface area contributed by atoms with E-state index in [0.29, 0.717) is 22.0 Å². The van der Waals surface area contributed by atoms with Gasteiger partial charge in [0.25, 0.3) is 11.8 Å². The lowest BCUT2D eigenvalue weighted by Gasteiger charge is -2.21. The molecule has 6 heteroatoms. The van der Waals surface area contributed by atoms with E-state index in [0.717, 1.165) is 5.56 Å². The van der Waals surface area contributed by atoms with E-state index in [4.69, 9.17) is 16.3 Å². The highest BCUT2D eigenvalue weighted by Gasteiger charge is 2.18. The van der Waals surface area contributed by atoms with Gasteiger partial charge in [-0.2, -0.15) is 0 Å². The number of halogens is 1. The molecule has 5 nitrogen and oxygen atoms in total. The van der Waals surface area contributed by atoms with Crippen molar-refractivity contribution in [1.29, 1.82) is 0 Å². The lowest BCUT2D eigenvalue weighted by molar-refractivity contribution is -0.122. The third-order valence-electron chi connectivity index (χ3n) is 4.09. The van der Waals surface area contributed by atoms with Gasteiger partial charge in [0, 0.05) is 12.7 Å². The molecule has 0 saturated heterocycles. The molecule has 2 aromatic rings. The zero-order valence-electron chi connectivity index (χ0n) is 16.2. The summed E-state index contributed by atoms with van der Waals surface area (Å²) in [7, 11) is 1.52.